The Morgan fingerprint density at radius 3 is 2.85 bits per heavy atom. The lowest BCUT2D eigenvalue weighted by molar-refractivity contribution is -0.122. The first kappa shape index (κ1) is 18.0. The van der Waals surface area contributed by atoms with Gasteiger partial charge in [0.2, 0.25) is 5.91 Å². The average Bonchev–Trinajstić information content (AvgIpc) is 3.08. The minimum absolute atomic E-state index is 0.181. The van der Waals surface area contributed by atoms with E-state index < -0.39 is 0 Å². The minimum atomic E-state index is 0.181. The van der Waals surface area contributed by atoms with Crippen molar-refractivity contribution in [2.24, 2.45) is 11.8 Å². The molecule has 3 aliphatic rings. The van der Waals surface area contributed by atoms with E-state index >= 15 is 0 Å². The summed E-state index contributed by atoms with van der Waals surface area (Å²) in [5.74, 6) is 1.05. The molecule has 1 saturated heterocycles. The van der Waals surface area contributed by atoms with Crippen LogP contribution in [0.4, 0.5) is 5.69 Å². The quantitative estimate of drug-likeness (QED) is 0.732. The number of rotatable bonds is 6. The molecular formula is C21H31N3O2. The maximum Gasteiger partial charge on any atom is 0.227 e. The Kier molecular flexibility index (Phi) is 5.88. The SMILES string of the molecule is O=C(Nc1cccc(CNC2CCCC2C2COCCN2)c1)C1CCC1. The van der Waals surface area contributed by atoms with E-state index in [0.717, 1.165) is 44.8 Å². The Morgan fingerprint density at radius 1 is 1.19 bits per heavy atom. The van der Waals surface area contributed by atoms with Crippen LogP contribution < -0.4 is 16.0 Å². The Labute approximate surface area is 156 Å². The minimum Gasteiger partial charge on any atom is -0.379 e. The van der Waals surface area contributed by atoms with Crippen molar-refractivity contribution in [2.75, 3.05) is 25.1 Å². The summed E-state index contributed by atoms with van der Waals surface area (Å²) < 4.78 is 5.66. The van der Waals surface area contributed by atoms with Gasteiger partial charge in [-0.25, -0.2) is 0 Å². The number of ether oxygens (including phenoxy) is 1. The lowest BCUT2D eigenvalue weighted by Gasteiger charge is -2.33. The molecule has 0 bridgehead atoms. The second-order valence-electron chi connectivity index (χ2n) is 8.04. The van der Waals surface area contributed by atoms with Gasteiger partial charge in [0.15, 0.2) is 0 Å². The number of carbonyl (C=O) groups is 1. The third-order valence-electron chi connectivity index (χ3n) is 6.28. The Hall–Kier alpha value is -1.43. The number of carbonyl (C=O) groups excluding carboxylic acids is 1. The predicted molar refractivity (Wildman–Crippen MR) is 103 cm³/mol. The maximum atomic E-state index is 12.1. The second-order valence-corrected chi connectivity index (χ2v) is 8.04. The zero-order valence-corrected chi connectivity index (χ0v) is 15.5. The molecule has 3 fully saturated rings. The number of hydrogen-bond donors (Lipinski definition) is 3. The van der Waals surface area contributed by atoms with E-state index in [1.54, 1.807) is 0 Å². The van der Waals surface area contributed by atoms with Crippen LogP contribution in [-0.4, -0.2) is 37.7 Å². The first-order chi connectivity index (χ1) is 12.8. The third-order valence-corrected chi connectivity index (χ3v) is 6.28. The van der Waals surface area contributed by atoms with E-state index in [1.807, 2.05) is 12.1 Å². The van der Waals surface area contributed by atoms with Gasteiger partial charge in [0.1, 0.15) is 0 Å². The first-order valence-corrected chi connectivity index (χ1v) is 10.2. The number of anilines is 1. The van der Waals surface area contributed by atoms with Crippen molar-refractivity contribution in [2.45, 2.75) is 57.2 Å². The molecule has 5 heteroatoms. The number of hydrogen-bond acceptors (Lipinski definition) is 4. The molecule has 1 amide bonds. The van der Waals surface area contributed by atoms with Crippen LogP contribution >= 0.6 is 0 Å². The molecule has 2 saturated carbocycles. The van der Waals surface area contributed by atoms with Crippen LogP contribution in [0.5, 0.6) is 0 Å². The molecule has 4 rings (SSSR count). The molecule has 1 aromatic carbocycles. The fourth-order valence-corrected chi connectivity index (χ4v) is 4.51. The molecule has 3 N–H and O–H groups in total. The Balaban J connectivity index is 1.30. The van der Waals surface area contributed by atoms with E-state index in [-0.39, 0.29) is 11.8 Å². The molecule has 1 aromatic rings. The molecule has 0 spiro atoms. The zero-order chi connectivity index (χ0) is 17.8. The second kappa shape index (κ2) is 8.51. The zero-order valence-electron chi connectivity index (χ0n) is 15.5. The molecule has 1 aliphatic heterocycles. The normalized spacial score (nSPS) is 29.3. The van der Waals surface area contributed by atoms with Crippen molar-refractivity contribution >= 4 is 11.6 Å². The van der Waals surface area contributed by atoms with Crippen molar-refractivity contribution in [1.82, 2.24) is 10.6 Å². The highest BCUT2D eigenvalue weighted by molar-refractivity contribution is 5.93. The summed E-state index contributed by atoms with van der Waals surface area (Å²) in [4.78, 5) is 12.1. The molecular weight excluding hydrogens is 326 g/mol. The largest absolute Gasteiger partial charge is 0.379 e. The van der Waals surface area contributed by atoms with Crippen LogP contribution in [0.15, 0.2) is 24.3 Å². The van der Waals surface area contributed by atoms with Gasteiger partial charge in [-0.05, 0) is 49.3 Å². The van der Waals surface area contributed by atoms with Gasteiger partial charge in [0.25, 0.3) is 0 Å². The van der Waals surface area contributed by atoms with E-state index in [4.69, 9.17) is 4.74 Å². The fourth-order valence-electron chi connectivity index (χ4n) is 4.51. The molecule has 3 atom stereocenters. The van der Waals surface area contributed by atoms with Crippen molar-refractivity contribution in [3.63, 3.8) is 0 Å². The number of benzene rings is 1. The molecule has 0 radical (unpaired) electrons. The van der Waals surface area contributed by atoms with Gasteiger partial charge in [-0.2, -0.15) is 0 Å². The van der Waals surface area contributed by atoms with Crippen LogP contribution in [0.2, 0.25) is 0 Å². The number of amides is 1. The molecule has 3 unspecified atom stereocenters. The van der Waals surface area contributed by atoms with Crippen LogP contribution in [-0.2, 0) is 16.1 Å². The van der Waals surface area contributed by atoms with E-state index in [9.17, 15) is 4.79 Å². The van der Waals surface area contributed by atoms with Crippen molar-refractivity contribution in [3.8, 4) is 0 Å². The van der Waals surface area contributed by atoms with Gasteiger partial charge in [0, 0.05) is 36.8 Å². The standard InChI is InChI=1S/C21H31N3O2/c25-21(16-5-2-6-16)24-17-7-1-4-15(12-17)13-23-19-9-3-8-18(19)20-14-26-11-10-22-20/h1,4,7,12,16,18-20,22-23H,2-3,5-6,8-11,13-14H2,(H,24,25). The third kappa shape index (κ3) is 4.27. The van der Waals surface area contributed by atoms with Crippen LogP contribution in [0.3, 0.4) is 0 Å². The smallest absolute Gasteiger partial charge is 0.227 e. The number of nitrogens with one attached hydrogen (secondary N) is 3. The Morgan fingerprint density at radius 2 is 2.08 bits per heavy atom. The van der Waals surface area contributed by atoms with Crippen LogP contribution in [0.25, 0.3) is 0 Å². The summed E-state index contributed by atoms with van der Waals surface area (Å²) in [6.45, 7) is 3.49. The van der Waals surface area contributed by atoms with Gasteiger partial charge in [-0.15, -0.1) is 0 Å². The van der Waals surface area contributed by atoms with Gasteiger partial charge >= 0.3 is 0 Å². The van der Waals surface area contributed by atoms with Crippen molar-refractivity contribution < 1.29 is 9.53 Å². The molecule has 5 nitrogen and oxygen atoms in total. The van der Waals surface area contributed by atoms with Gasteiger partial charge in [0.05, 0.1) is 13.2 Å². The lowest BCUT2D eigenvalue weighted by Crippen LogP contribution is -2.50. The van der Waals surface area contributed by atoms with Crippen molar-refractivity contribution in [3.05, 3.63) is 29.8 Å². The summed E-state index contributed by atoms with van der Waals surface area (Å²) >= 11 is 0. The summed E-state index contributed by atoms with van der Waals surface area (Å²) in [7, 11) is 0. The van der Waals surface area contributed by atoms with E-state index in [1.165, 1.54) is 31.2 Å². The molecule has 2 aliphatic carbocycles. The van der Waals surface area contributed by atoms with Crippen molar-refractivity contribution in [1.29, 1.82) is 0 Å². The topological polar surface area (TPSA) is 62.4 Å². The highest BCUT2D eigenvalue weighted by atomic mass is 16.5. The van der Waals surface area contributed by atoms with Crippen LogP contribution in [0, 0.1) is 11.8 Å². The summed E-state index contributed by atoms with van der Waals surface area (Å²) in [6.07, 6.45) is 7.06. The van der Waals surface area contributed by atoms with E-state index in [0.29, 0.717) is 18.0 Å². The van der Waals surface area contributed by atoms with Gasteiger partial charge in [-0.1, -0.05) is 25.0 Å². The summed E-state index contributed by atoms with van der Waals surface area (Å²) in [5.41, 5.74) is 2.15. The maximum absolute atomic E-state index is 12.1. The highest BCUT2D eigenvalue weighted by Gasteiger charge is 2.34. The predicted octanol–water partition coefficient (Wildman–Crippen LogP) is 2.67. The monoisotopic (exact) mass is 357 g/mol. The highest BCUT2D eigenvalue weighted by Crippen LogP contribution is 2.30. The van der Waals surface area contributed by atoms with Crippen LogP contribution in [0.1, 0.15) is 44.1 Å². The average molecular weight is 357 g/mol. The van der Waals surface area contributed by atoms with Gasteiger partial charge < -0.3 is 20.7 Å². The summed E-state index contributed by atoms with van der Waals surface area (Å²) in [5, 5.41) is 10.5. The summed E-state index contributed by atoms with van der Waals surface area (Å²) in [6, 6.07) is 9.30. The Bertz CT molecular complexity index is 611. The first-order valence-electron chi connectivity index (χ1n) is 10.2. The molecule has 26 heavy (non-hydrogen) atoms. The lowest BCUT2D eigenvalue weighted by atomic mass is 9.85. The molecule has 0 aromatic heterocycles. The number of morpholine rings is 1. The van der Waals surface area contributed by atoms with Gasteiger partial charge in [-0.3, -0.25) is 4.79 Å². The van der Waals surface area contributed by atoms with E-state index in [2.05, 4.69) is 28.1 Å². The molecule has 142 valence electrons. The fraction of sp³-hybridized carbons (Fsp3) is 0.667. The molecule has 1 heterocycles.